The Morgan fingerprint density at radius 3 is 2.19 bits per heavy atom. The molecule has 0 radical (unpaired) electrons. The minimum Gasteiger partial charge on any atom is -0.279 e. The number of nitrogens with one attached hydrogen (secondary N) is 1. The molecular formula is C14H9Cl2F3N2. The van der Waals surface area contributed by atoms with Crippen LogP contribution in [0.25, 0.3) is 0 Å². The second-order valence-corrected chi connectivity index (χ2v) is 4.93. The Balaban J connectivity index is 2.02. The van der Waals surface area contributed by atoms with Gasteiger partial charge in [-0.25, -0.2) is 0 Å². The first-order chi connectivity index (χ1) is 9.86. The Morgan fingerprint density at radius 2 is 1.62 bits per heavy atom. The van der Waals surface area contributed by atoms with E-state index in [9.17, 15) is 13.2 Å². The molecule has 2 rings (SSSR count). The van der Waals surface area contributed by atoms with Crippen molar-refractivity contribution in [3.8, 4) is 0 Å². The van der Waals surface area contributed by atoms with Crippen LogP contribution in [0.3, 0.4) is 0 Å². The van der Waals surface area contributed by atoms with Crippen molar-refractivity contribution in [1.82, 2.24) is 0 Å². The van der Waals surface area contributed by atoms with E-state index in [1.165, 1.54) is 18.3 Å². The predicted molar refractivity (Wildman–Crippen MR) is 79.1 cm³/mol. The van der Waals surface area contributed by atoms with Gasteiger partial charge in [-0.15, -0.1) is 0 Å². The molecule has 0 spiro atoms. The number of hydrogen-bond donors (Lipinski definition) is 1. The topological polar surface area (TPSA) is 24.4 Å². The molecule has 0 aromatic heterocycles. The van der Waals surface area contributed by atoms with Gasteiger partial charge < -0.3 is 0 Å². The number of benzene rings is 2. The van der Waals surface area contributed by atoms with Crippen LogP contribution in [0.1, 0.15) is 11.1 Å². The van der Waals surface area contributed by atoms with Gasteiger partial charge in [0.1, 0.15) is 0 Å². The quantitative estimate of drug-likeness (QED) is 0.585. The van der Waals surface area contributed by atoms with Gasteiger partial charge in [0.15, 0.2) is 0 Å². The third kappa shape index (κ3) is 4.37. The lowest BCUT2D eigenvalue weighted by atomic mass is 10.2. The van der Waals surface area contributed by atoms with Gasteiger partial charge >= 0.3 is 6.18 Å². The summed E-state index contributed by atoms with van der Waals surface area (Å²) in [4.78, 5) is 0. The van der Waals surface area contributed by atoms with E-state index in [1.807, 2.05) is 0 Å². The SMILES string of the molecule is FC(F)(F)c1ccc(NN=Cc2ccc(Cl)c(Cl)c2)cc1. The van der Waals surface area contributed by atoms with Gasteiger partial charge in [-0.1, -0.05) is 29.3 Å². The fraction of sp³-hybridized carbons (Fsp3) is 0.0714. The normalized spacial score (nSPS) is 11.9. The molecule has 0 saturated heterocycles. The number of nitrogens with zero attached hydrogens (tertiary/aromatic N) is 1. The third-order valence-electron chi connectivity index (χ3n) is 2.56. The van der Waals surface area contributed by atoms with Crippen LogP contribution in [0.2, 0.25) is 10.0 Å². The van der Waals surface area contributed by atoms with Gasteiger partial charge in [-0.05, 0) is 42.0 Å². The van der Waals surface area contributed by atoms with Gasteiger partial charge in [0.05, 0.1) is 27.5 Å². The third-order valence-corrected chi connectivity index (χ3v) is 3.30. The zero-order valence-electron chi connectivity index (χ0n) is 10.5. The highest BCUT2D eigenvalue weighted by molar-refractivity contribution is 6.42. The van der Waals surface area contributed by atoms with Crippen LogP contribution in [0.15, 0.2) is 47.6 Å². The van der Waals surface area contributed by atoms with Crippen molar-refractivity contribution >= 4 is 35.1 Å². The van der Waals surface area contributed by atoms with Gasteiger partial charge in [0.25, 0.3) is 0 Å². The predicted octanol–water partition coefficient (Wildman–Crippen LogP) is 5.46. The van der Waals surface area contributed by atoms with E-state index < -0.39 is 11.7 Å². The molecule has 2 aromatic carbocycles. The highest BCUT2D eigenvalue weighted by Crippen LogP contribution is 2.29. The minimum absolute atomic E-state index is 0.398. The van der Waals surface area contributed by atoms with Crippen molar-refractivity contribution < 1.29 is 13.2 Å². The largest absolute Gasteiger partial charge is 0.416 e. The average Bonchev–Trinajstić information content (AvgIpc) is 2.42. The molecule has 0 aliphatic rings. The lowest BCUT2D eigenvalue weighted by Gasteiger charge is -2.07. The number of halogens is 5. The summed E-state index contributed by atoms with van der Waals surface area (Å²) in [6.07, 6.45) is -2.86. The molecule has 110 valence electrons. The molecule has 0 atom stereocenters. The Hall–Kier alpha value is -1.72. The molecule has 0 heterocycles. The summed E-state index contributed by atoms with van der Waals surface area (Å²) in [5, 5.41) is 4.75. The van der Waals surface area contributed by atoms with Gasteiger partial charge in [-0.2, -0.15) is 18.3 Å². The smallest absolute Gasteiger partial charge is 0.279 e. The van der Waals surface area contributed by atoms with Crippen molar-refractivity contribution in [1.29, 1.82) is 0 Å². The first-order valence-corrected chi connectivity index (χ1v) is 6.53. The lowest BCUT2D eigenvalue weighted by molar-refractivity contribution is -0.137. The fourth-order valence-corrected chi connectivity index (χ4v) is 1.81. The summed E-state index contributed by atoms with van der Waals surface area (Å²) in [6.45, 7) is 0. The summed E-state index contributed by atoms with van der Waals surface area (Å²) in [5.41, 5.74) is 3.08. The molecule has 0 unspecified atom stereocenters. The van der Waals surface area contributed by atoms with E-state index in [-0.39, 0.29) is 0 Å². The van der Waals surface area contributed by atoms with Crippen molar-refractivity contribution in [2.45, 2.75) is 6.18 Å². The maximum atomic E-state index is 12.4. The number of anilines is 1. The van der Waals surface area contributed by atoms with Crippen LogP contribution in [0.4, 0.5) is 18.9 Å². The van der Waals surface area contributed by atoms with Crippen LogP contribution in [-0.2, 0) is 6.18 Å². The Morgan fingerprint density at radius 1 is 0.952 bits per heavy atom. The van der Waals surface area contributed by atoms with E-state index >= 15 is 0 Å². The molecule has 2 aromatic rings. The summed E-state index contributed by atoms with van der Waals surface area (Å²) in [5.74, 6) is 0. The first kappa shape index (κ1) is 15.7. The monoisotopic (exact) mass is 332 g/mol. The molecule has 0 aliphatic carbocycles. The molecular weight excluding hydrogens is 324 g/mol. The van der Waals surface area contributed by atoms with Crippen LogP contribution in [0.5, 0.6) is 0 Å². The lowest BCUT2D eigenvalue weighted by Crippen LogP contribution is -2.04. The van der Waals surface area contributed by atoms with Crippen molar-refractivity contribution in [2.75, 3.05) is 5.43 Å². The zero-order valence-corrected chi connectivity index (χ0v) is 12.0. The fourth-order valence-electron chi connectivity index (χ4n) is 1.51. The van der Waals surface area contributed by atoms with Crippen LogP contribution < -0.4 is 5.43 Å². The highest BCUT2D eigenvalue weighted by atomic mass is 35.5. The van der Waals surface area contributed by atoms with E-state index in [1.54, 1.807) is 18.2 Å². The number of rotatable bonds is 3. The van der Waals surface area contributed by atoms with Crippen LogP contribution in [0, 0.1) is 0 Å². The molecule has 0 saturated carbocycles. The van der Waals surface area contributed by atoms with E-state index in [0.717, 1.165) is 12.1 Å². The number of hydrazone groups is 1. The molecule has 21 heavy (non-hydrogen) atoms. The zero-order chi connectivity index (χ0) is 15.5. The molecule has 1 N–H and O–H groups in total. The van der Waals surface area contributed by atoms with Crippen molar-refractivity contribution in [3.05, 3.63) is 63.6 Å². The molecule has 7 heteroatoms. The summed E-state index contributed by atoms with van der Waals surface area (Å²) in [7, 11) is 0. The maximum absolute atomic E-state index is 12.4. The Kier molecular flexibility index (Phi) is 4.75. The van der Waals surface area contributed by atoms with Crippen molar-refractivity contribution in [2.24, 2.45) is 5.10 Å². The summed E-state index contributed by atoms with van der Waals surface area (Å²) in [6, 6.07) is 9.54. The second-order valence-electron chi connectivity index (χ2n) is 4.12. The number of hydrogen-bond acceptors (Lipinski definition) is 2. The van der Waals surface area contributed by atoms with E-state index in [0.29, 0.717) is 21.3 Å². The summed E-state index contributed by atoms with van der Waals surface area (Å²) >= 11 is 11.6. The average molecular weight is 333 g/mol. The molecule has 2 nitrogen and oxygen atoms in total. The molecule has 0 amide bonds. The van der Waals surface area contributed by atoms with E-state index in [2.05, 4.69) is 10.5 Å². The number of alkyl halides is 3. The van der Waals surface area contributed by atoms with Gasteiger partial charge in [0, 0.05) is 0 Å². The van der Waals surface area contributed by atoms with Gasteiger partial charge in [-0.3, -0.25) is 5.43 Å². The van der Waals surface area contributed by atoms with E-state index in [4.69, 9.17) is 23.2 Å². The minimum atomic E-state index is -4.35. The Labute approximate surface area is 129 Å². The Bertz CT molecular complexity index is 652. The van der Waals surface area contributed by atoms with Crippen LogP contribution >= 0.6 is 23.2 Å². The summed E-state index contributed by atoms with van der Waals surface area (Å²) < 4.78 is 37.2. The van der Waals surface area contributed by atoms with Crippen LogP contribution in [-0.4, -0.2) is 6.21 Å². The second kappa shape index (κ2) is 6.37. The van der Waals surface area contributed by atoms with Gasteiger partial charge in [0.2, 0.25) is 0 Å². The standard InChI is InChI=1S/C14H9Cl2F3N2/c15-12-6-1-9(7-13(12)16)8-20-21-11-4-2-10(3-5-11)14(17,18)19/h1-8,21H. The maximum Gasteiger partial charge on any atom is 0.416 e. The molecule has 0 fully saturated rings. The highest BCUT2D eigenvalue weighted by Gasteiger charge is 2.29. The molecule has 0 aliphatic heterocycles. The molecule has 0 bridgehead atoms. The first-order valence-electron chi connectivity index (χ1n) is 5.77. The van der Waals surface area contributed by atoms with Crippen molar-refractivity contribution in [3.63, 3.8) is 0 Å².